The van der Waals surface area contributed by atoms with Crippen molar-refractivity contribution in [1.82, 2.24) is 15.2 Å². The van der Waals surface area contributed by atoms with Crippen molar-refractivity contribution in [2.75, 3.05) is 13.1 Å². The maximum absolute atomic E-state index is 13.1. The van der Waals surface area contributed by atoms with Gasteiger partial charge in [0.25, 0.3) is 5.91 Å². The van der Waals surface area contributed by atoms with Gasteiger partial charge in [0.1, 0.15) is 12.4 Å². The van der Waals surface area contributed by atoms with Crippen LogP contribution in [-0.2, 0) is 11.4 Å². The van der Waals surface area contributed by atoms with Gasteiger partial charge in [-0.05, 0) is 69.5 Å². The largest absolute Gasteiger partial charge is 0.489 e. The van der Waals surface area contributed by atoms with Crippen molar-refractivity contribution in [3.63, 3.8) is 0 Å². The molecule has 35 heavy (non-hydrogen) atoms. The number of carbonyl (C=O) groups excluding carboxylic acids is 2. The molecular weight excluding hydrogens is 438 g/mol. The van der Waals surface area contributed by atoms with Crippen LogP contribution in [0.25, 0.3) is 0 Å². The van der Waals surface area contributed by atoms with Gasteiger partial charge < -0.3 is 15.0 Å². The highest BCUT2D eigenvalue weighted by molar-refractivity contribution is 5.95. The Morgan fingerprint density at radius 1 is 1.11 bits per heavy atom. The molecule has 1 aromatic heterocycles. The first kappa shape index (κ1) is 24.5. The minimum atomic E-state index is -0.205. The molecule has 1 aliphatic heterocycles. The summed E-state index contributed by atoms with van der Waals surface area (Å²) in [6.45, 7) is 7.56. The van der Waals surface area contributed by atoms with Crippen LogP contribution in [0.1, 0.15) is 58.4 Å². The van der Waals surface area contributed by atoms with Crippen molar-refractivity contribution in [3.8, 4) is 5.75 Å². The average molecular weight is 472 g/mol. The lowest BCUT2D eigenvalue weighted by molar-refractivity contribution is -0.127. The Hall–Kier alpha value is -3.67. The Bertz CT molecular complexity index is 1140. The number of aromatic nitrogens is 1. The Morgan fingerprint density at radius 2 is 1.86 bits per heavy atom. The number of nitrogens with one attached hydrogen (secondary N) is 1. The molecular formula is C29H33N3O3. The first-order valence-corrected chi connectivity index (χ1v) is 12.2. The molecule has 182 valence electrons. The second-order valence-electron chi connectivity index (χ2n) is 9.42. The van der Waals surface area contributed by atoms with Crippen LogP contribution in [0.2, 0.25) is 0 Å². The van der Waals surface area contributed by atoms with E-state index in [0.717, 1.165) is 40.8 Å². The van der Waals surface area contributed by atoms with Crippen molar-refractivity contribution in [2.24, 2.45) is 5.92 Å². The number of hydrogen-bond donors (Lipinski definition) is 1. The normalized spacial score (nSPS) is 16.4. The number of aryl methyl sites for hydroxylation is 2. The Kier molecular flexibility index (Phi) is 7.80. The number of likely N-dealkylation sites (tertiary alicyclic amines) is 1. The van der Waals surface area contributed by atoms with E-state index < -0.39 is 0 Å². The number of carbonyl (C=O) groups is 2. The van der Waals surface area contributed by atoms with E-state index in [0.29, 0.717) is 25.3 Å². The fourth-order valence-electron chi connectivity index (χ4n) is 4.57. The molecule has 6 nitrogen and oxygen atoms in total. The summed E-state index contributed by atoms with van der Waals surface area (Å²) in [6.07, 6.45) is 5.14. The highest BCUT2D eigenvalue weighted by atomic mass is 16.5. The molecule has 0 bridgehead atoms. The molecule has 1 aliphatic rings. The number of hydrogen-bond acceptors (Lipinski definition) is 4. The van der Waals surface area contributed by atoms with E-state index in [1.165, 1.54) is 0 Å². The van der Waals surface area contributed by atoms with Gasteiger partial charge in [-0.1, -0.05) is 35.4 Å². The molecule has 6 heteroatoms. The molecule has 2 aromatic carbocycles. The molecule has 0 saturated carbocycles. The molecule has 0 spiro atoms. The standard InChI is InChI=1S/C29H33N3O3/c1-20-14-21(2)16-26(15-20)29(34)32-13-5-7-25(18-32)28(33)31-22(3)24-8-10-27(11-9-24)35-19-23-6-4-12-30-17-23/h4,6,8-12,14-17,22,25H,5,7,13,18-19H2,1-3H3,(H,31,33). The predicted molar refractivity (Wildman–Crippen MR) is 136 cm³/mol. The maximum Gasteiger partial charge on any atom is 0.253 e. The van der Waals surface area contributed by atoms with Gasteiger partial charge in [0, 0.05) is 36.6 Å². The SMILES string of the molecule is Cc1cc(C)cc(C(=O)N2CCCC(C(=O)NC(C)c3ccc(OCc4cccnc4)cc3)C2)c1. The highest BCUT2D eigenvalue weighted by Crippen LogP contribution is 2.23. The number of nitrogens with zero attached hydrogens (tertiary/aromatic N) is 2. The van der Waals surface area contributed by atoms with E-state index >= 15 is 0 Å². The fraction of sp³-hybridized carbons (Fsp3) is 0.345. The monoisotopic (exact) mass is 471 g/mol. The molecule has 2 atom stereocenters. The van der Waals surface area contributed by atoms with Gasteiger partial charge in [0.2, 0.25) is 5.91 Å². The first-order valence-electron chi connectivity index (χ1n) is 12.2. The van der Waals surface area contributed by atoms with Crippen molar-refractivity contribution in [1.29, 1.82) is 0 Å². The van der Waals surface area contributed by atoms with Gasteiger partial charge in [0.05, 0.1) is 12.0 Å². The van der Waals surface area contributed by atoms with Crippen LogP contribution in [0.5, 0.6) is 5.75 Å². The molecule has 0 radical (unpaired) electrons. The smallest absolute Gasteiger partial charge is 0.253 e. The van der Waals surface area contributed by atoms with Gasteiger partial charge >= 0.3 is 0 Å². The summed E-state index contributed by atoms with van der Waals surface area (Å²) < 4.78 is 5.82. The Labute approximate surface area is 207 Å². The van der Waals surface area contributed by atoms with Gasteiger partial charge in [-0.25, -0.2) is 0 Å². The topological polar surface area (TPSA) is 71.5 Å². The van der Waals surface area contributed by atoms with E-state index in [9.17, 15) is 9.59 Å². The minimum Gasteiger partial charge on any atom is -0.489 e. The molecule has 3 aromatic rings. The summed E-state index contributed by atoms with van der Waals surface area (Å²) in [6, 6.07) is 17.4. The molecule has 2 heterocycles. The lowest BCUT2D eigenvalue weighted by atomic mass is 9.95. The summed E-state index contributed by atoms with van der Waals surface area (Å²) in [7, 11) is 0. The highest BCUT2D eigenvalue weighted by Gasteiger charge is 2.29. The fourth-order valence-corrected chi connectivity index (χ4v) is 4.57. The van der Waals surface area contributed by atoms with E-state index in [-0.39, 0.29) is 23.8 Å². The van der Waals surface area contributed by atoms with E-state index in [1.807, 2.05) is 74.2 Å². The lowest BCUT2D eigenvalue weighted by Crippen LogP contribution is -2.45. The van der Waals surface area contributed by atoms with Crippen LogP contribution >= 0.6 is 0 Å². The summed E-state index contributed by atoms with van der Waals surface area (Å²) in [5, 5.41) is 3.13. The lowest BCUT2D eigenvalue weighted by Gasteiger charge is -2.33. The molecule has 2 unspecified atom stereocenters. The van der Waals surface area contributed by atoms with Crippen LogP contribution in [0.4, 0.5) is 0 Å². The van der Waals surface area contributed by atoms with Gasteiger partial charge in [-0.15, -0.1) is 0 Å². The number of rotatable bonds is 7. The van der Waals surface area contributed by atoms with Crippen LogP contribution in [-0.4, -0.2) is 34.8 Å². The maximum atomic E-state index is 13.1. The average Bonchev–Trinajstić information content (AvgIpc) is 2.87. The summed E-state index contributed by atoms with van der Waals surface area (Å²) in [5.74, 6) is 0.559. The second kappa shape index (κ2) is 11.2. The zero-order valence-corrected chi connectivity index (χ0v) is 20.7. The molecule has 0 aliphatic carbocycles. The minimum absolute atomic E-state index is 0.00391. The predicted octanol–water partition coefficient (Wildman–Crippen LogP) is 5.01. The number of piperidine rings is 1. The van der Waals surface area contributed by atoms with Crippen molar-refractivity contribution in [3.05, 3.63) is 94.8 Å². The zero-order chi connectivity index (χ0) is 24.8. The number of benzene rings is 2. The third-order valence-electron chi connectivity index (χ3n) is 6.42. The summed E-state index contributed by atoms with van der Waals surface area (Å²) in [4.78, 5) is 32.0. The van der Waals surface area contributed by atoms with Crippen LogP contribution in [0, 0.1) is 19.8 Å². The molecule has 1 N–H and O–H groups in total. The summed E-state index contributed by atoms with van der Waals surface area (Å²) in [5.41, 5.74) is 4.85. The summed E-state index contributed by atoms with van der Waals surface area (Å²) >= 11 is 0. The number of ether oxygens (including phenoxy) is 1. The van der Waals surface area contributed by atoms with E-state index in [2.05, 4.69) is 16.4 Å². The number of pyridine rings is 1. The molecule has 4 rings (SSSR count). The third kappa shape index (κ3) is 6.47. The van der Waals surface area contributed by atoms with Crippen molar-refractivity contribution >= 4 is 11.8 Å². The molecule has 1 fully saturated rings. The first-order chi connectivity index (χ1) is 16.9. The molecule has 1 saturated heterocycles. The second-order valence-corrected chi connectivity index (χ2v) is 9.42. The van der Waals surface area contributed by atoms with Gasteiger partial charge in [-0.3, -0.25) is 14.6 Å². The number of amides is 2. The van der Waals surface area contributed by atoms with E-state index in [1.54, 1.807) is 12.4 Å². The Balaban J connectivity index is 1.31. The van der Waals surface area contributed by atoms with Gasteiger partial charge in [0.15, 0.2) is 0 Å². The molecule has 2 amide bonds. The van der Waals surface area contributed by atoms with Crippen molar-refractivity contribution < 1.29 is 14.3 Å². The van der Waals surface area contributed by atoms with Crippen LogP contribution in [0.3, 0.4) is 0 Å². The third-order valence-corrected chi connectivity index (χ3v) is 6.42. The van der Waals surface area contributed by atoms with Crippen molar-refractivity contribution in [2.45, 2.75) is 46.3 Å². The zero-order valence-electron chi connectivity index (χ0n) is 20.7. The van der Waals surface area contributed by atoms with E-state index in [4.69, 9.17) is 4.74 Å². The van der Waals surface area contributed by atoms with Crippen LogP contribution < -0.4 is 10.1 Å². The Morgan fingerprint density at radius 3 is 2.54 bits per heavy atom. The quantitative estimate of drug-likeness (QED) is 0.526. The van der Waals surface area contributed by atoms with Crippen LogP contribution in [0.15, 0.2) is 67.0 Å². The van der Waals surface area contributed by atoms with Gasteiger partial charge in [-0.2, -0.15) is 0 Å².